The molecule has 0 spiro atoms. The topological polar surface area (TPSA) is 55.4 Å². The third-order valence-corrected chi connectivity index (χ3v) is 4.63. The zero-order chi connectivity index (χ0) is 16.8. The van der Waals surface area contributed by atoms with Crippen LogP contribution in [-0.2, 0) is 20.7 Å². The Hall–Kier alpha value is -1.55. The molecule has 1 fully saturated rings. The van der Waals surface area contributed by atoms with Crippen molar-refractivity contribution in [2.45, 2.75) is 58.1 Å². The van der Waals surface area contributed by atoms with E-state index in [4.69, 9.17) is 16.3 Å². The summed E-state index contributed by atoms with van der Waals surface area (Å²) in [5, 5.41) is 3.63. The predicted molar refractivity (Wildman–Crippen MR) is 90.3 cm³/mol. The molecule has 0 heterocycles. The van der Waals surface area contributed by atoms with E-state index in [1.165, 1.54) is 6.42 Å². The Kier molecular flexibility index (Phi) is 6.46. The van der Waals surface area contributed by atoms with E-state index in [-0.39, 0.29) is 18.4 Å². The lowest BCUT2D eigenvalue weighted by Gasteiger charge is -2.30. The molecule has 4 nitrogen and oxygen atoms in total. The van der Waals surface area contributed by atoms with Crippen LogP contribution in [0.3, 0.4) is 0 Å². The largest absolute Gasteiger partial charge is 0.452 e. The number of halogens is 1. The van der Waals surface area contributed by atoms with Crippen molar-refractivity contribution in [3.63, 3.8) is 0 Å². The average Bonchev–Trinajstić information content (AvgIpc) is 2.51. The number of nitrogens with one attached hydrogen (secondary N) is 1. The van der Waals surface area contributed by atoms with Crippen molar-refractivity contribution in [3.8, 4) is 0 Å². The van der Waals surface area contributed by atoms with Crippen molar-refractivity contribution < 1.29 is 14.3 Å². The monoisotopic (exact) mass is 337 g/mol. The molecule has 0 saturated heterocycles. The average molecular weight is 338 g/mol. The van der Waals surface area contributed by atoms with Crippen LogP contribution >= 0.6 is 11.6 Å². The Bertz CT molecular complexity index is 544. The first kappa shape index (κ1) is 17.8. The zero-order valence-corrected chi connectivity index (χ0v) is 14.4. The second-order valence-corrected chi connectivity index (χ2v) is 6.75. The first-order valence-electron chi connectivity index (χ1n) is 8.20. The van der Waals surface area contributed by atoms with Gasteiger partial charge in [0.25, 0.3) is 5.91 Å². The maximum absolute atomic E-state index is 12.2. The maximum Gasteiger partial charge on any atom is 0.311 e. The summed E-state index contributed by atoms with van der Waals surface area (Å²) in [4.78, 5) is 24.1. The van der Waals surface area contributed by atoms with E-state index in [9.17, 15) is 9.59 Å². The van der Waals surface area contributed by atoms with E-state index in [0.717, 1.165) is 24.8 Å². The third kappa shape index (κ3) is 5.54. The molecule has 1 aliphatic carbocycles. The number of carbonyl (C=O) groups excluding carboxylic acids is 2. The van der Waals surface area contributed by atoms with Gasteiger partial charge in [0.15, 0.2) is 6.10 Å². The fourth-order valence-electron chi connectivity index (χ4n) is 2.89. The molecule has 23 heavy (non-hydrogen) atoms. The number of rotatable bonds is 5. The standard InChI is InChI=1S/C18H24ClNO3/c1-12-5-3-4-6-16(12)20-18(22)13(2)23-17(21)11-14-7-9-15(19)10-8-14/h7-10,12-13,16H,3-6,11H2,1-2H3,(H,20,22)/t12-,13+,16-/m0/s1. The molecule has 1 aliphatic rings. The summed E-state index contributed by atoms with van der Waals surface area (Å²) in [6.07, 6.45) is 3.85. The molecule has 2 rings (SSSR count). The van der Waals surface area contributed by atoms with Crippen molar-refractivity contribution in [1.82, 2.24) is 5.32 Å². The SMILES string of the molecule is C[C@@H](OC(=O)Cc1ccc(Cl)cc1)C(=O)N[C@H]1CCCC[C@@H]1C. The van der Waals surface area contributed by atoms with Gasteiger partial charge in [-0.05, 0) is 43.4 Å². The summed E-state index contributed by atoms with van der Waals surface area (Å²) in [7, 11) is 0. The van der Waals surface area contributed by atoms with Crippen molar-refractivity contribution in [2.24, 2.45) is 5.92 Å². The van der Waals surface area contributed by atoms with Crippen LogP contribution in [0.25, 0.3) is 0 Å². The van der Waals surface area contributed by atoms with Crippen LogP contribution < -0.4 is 5.32 Å². The summed E-state index contributed by atoms with van der Waals surface area (Å²) in [6.45, 7) is 3.77. The normalized spacial score (nSPS) is 22.2. The molecule has 1 saturated carbocycles. The van der Waals surface area contributed by atoms with Crippen LogP contribution in [0.1, 0.15) is 45.1 Å². The molecular formula is C18H24ClNO3. The summed E-state index contributed by atoms with van der Waals surface area (Å²) >= 11 is 5.81. The molecule has 0 radical (unpaired) electrons. The van der Waals surface area contributed by atoms with Gasteiger partial charge in [-0.15, -0.1) is 0 Å². The lowest BCUT2D eigenvalue weighted by molar-refractivity contribution is -0.154. The molecule has 0 aliphatic heterocycles. The minimum Gasteiger partial charge on any atom is -0.452 e. The van der Waals surface area contributed by atoms with E-state index in [2.05, 4.69) is 12.2 Å². The molecular weight excluding hydrogens is 314 g/mol. The molecule has 1 amide bonds. The molecule has 1 aromatic rings. The van der Waals surface area contributed by atoms with Crippen molar-refractivity contribution >= 4 is 23.5 Å². The number of benzene rings is 1. The fourth-order valence-corrected chi connectivity index (χ4v) is 3.02. The Labute approximate surface area is 142 Å². The minimum absolute atomic E-state index is 0.134. The number of carbonyl (C=O) groups is 2. The van der Waals surface area contributed by atoms with Gasteiger partial charge in [0, 0.05) is 11.1 Å². The van der Waals surface area contributed by atoms with Crippen LogP contribution in [0.5, 0.6) is 0 Å². The highest BCUT2D eigenvalue weighted by Gasteiger charge is 2.26. The molecule has 0 unspecified atom stereocenters. The number of hydrogen-bond acceptors (Lipinski definition) is 3. The van der Waals surface area contributed by atoms with Crippen molar-refractivity contribution in [1.29, 1.82) is 0 Å². The lowest BCUT2D eigenvalue weighted by atomic mass is 9.86. The van der Waals surface area contributed by atoms with Gasteiger partial charge in [-0.2, -0.15) is 0 Å². The van der Waals surface area contributed by atoms with Crippen LogP contribution in [-0.4, -0.2) is 24.0 Å². The summed E-state index contributed by atoms with van der Waals surface area (Å²) in [5.41, 5.74) is 0.813. The van der Waals surface area contributed by atoms with E-state index in [1.54, 1.807) is 31.2 Å². The maximum atomic E-state index is 12.2. The van der Waals surface area contributed by atoms with Crippen LogP contribution in [0.4, 0.5) is 0 Å². The number of ether oxygens (including phenoxy) is 1. The first-order chi connectivity index (χ1) is 11.0. The van der Waals surface area contributed by atoms with Gasteiger partial charge in [0.2, 0.25) is 0 Å². The minimum atomic E-state index is -0.774. The fraction of sp³-hybridized carbons (Fsp3) is 0.556. The van der Waals surface area contributed by atoms with Gasteiger partial charge in [0.05, 0.1) is 6.42 Å². The van der Waals surface area contributed by atoms with Gasteiger partial charge < -0.3 is 10.1 Å². The quantitative estimate of drug-likeness (QED) is 0.836. The Morgan fingerprint density at radius 1 is 1.26 bits per heavy atom. The highest BCUT2D eigenvalue weighted by atomic mass is 35.5. The Morgan fingerprint density at radius 3 is 2.57 bits per heavy atom. The summed E-state index contributed by atoms with van der Waals surface area (Å²) < 4.78 is 5.24. The summed E-state index contributed by atoms with van der Waals surface area (Å²) in [6, 6.07) is 7.19. The van der Waals surface area contributed by atoms with E-state index in [0.29, 0.717) is 10.9 Å². The molecule has 3 atom stereocenters. The lowest BCUT2D eigenvalue weighted by Crippen LogP contribution is -2.46. The molecule has 0 aromatic heterocycles. The predicted octanol–water partition coefficient (Wildman–Crippen LogP) is 3.51. The zero-order valence-electron chi connectivity index (χ0n) is 13.7. The smallest absolute Gasteiger partial charge is 0.311 e. The van der Waals surface area contributed by atoms with Gasteiger partial charge in [-0.3, -0.25) is 9.59 Å². The Balaban J connectivity index is 1.80. The molecule has 126 valence electrons. The highest BCUT2D eigenvalue weighted by Crippen LogP contribution is 2.23. The molecule has 1 N–H and O–H groups in total. The van der Waals surface area contributed by atoms with Crippen LogP contribution in [0.15, 0.2) is 24.3 Å². The summed E-state index contributed by atoms with van der Waals surface area (Å²) in [5.74, 6) is -0.149. The number of hydrogen-bond donors (Lipinski definition) is 1. The number of esters is 1. The van der Waals surface area contributed by atoms with Gasteiger partial charge >= 0.3 is 5.97 Å². The second kappa shape index (κ2) is 8.34. The van der Waals surface area contributed by atoms with Gasteiger partial charge in [-0.25, -0.2) is 0 Å². The first-order valence-corrected chi connectivity index (χ1v) is 8.58. The Morgan fingerprint density at radius 2 is 1.91 bits per heavy atom. The van der Waals surface area contributed by atoms with Gasteiger partial charge in [-0.1, -0.05) is 43.5 Å². The second-order valence-electron chi connectivity index (χ2n) is 6.31. The van der Waals surface area contributed by atoms with Crippen LogP contribution in [0, 0.1) is 5.92 Å². The molecule has 5 heteroatoms. The van der Waals surface area contributed by atoms with Crippen molar-refractivity contribution in [3.05, 3.63) is 34.9 Å². The molecule has 1 aromatic carbocycles. The van der Waals surface area contributed by atoms with Crippen LogP contribution in [0.2, 0.25) is 5.02 Å². The van der Waals surface area contributed by atoms with Crippen molar-refractivity contribution in [2.75, 3.05) is 0 Å². The van der Waals surface area contributed by atoms with Gasteiger partial charge in [0.1, 0.15) is 0 Å². The van der Waals surface area contributed by atoms with E-state index in [1.807, 2.05) is 0 Å². The van der Waals surface area contributed by atoms with E-state index >= 15 is 0 Å². The number of amides is 1. The highest BCUT2D eigenvalue weighted by molar-refractivity contribution is 6.30. The van der Waals surface area contributed by atoms with E-state index < -0.39 is 12.1 Å². The third-order valence-electron chi connectivity index (χ3n) is 4.38. The molecule has 0 bridgehead atoms.